The van der Waals surface area contributed by atoms with Crippen molar-refractivity contribution in [3.05, 3.63) is 182 Å². The van der Waals surface area contributed by atoms with E-state index in [1.165, 1.54) is 31.8 Å². The molecule has 6 aromatic rings. The first-order valence-corrected chi connectivity index (χ1v) is 23.5. The van der Waals surface area contributed by atoms with Gasteiger partial charge in [-0.05, 0) is 70.9 Å². The predicted molar refractivity (Wildman–Crippen MR) is 205 cm³/mol. The van der Waals surface area contributed by atoms with Crippen LogP contribution in [0.3, 0.4) is 0 Å². The van der Waals surface area contributed by atoms with Gasteiger partial charge in [0.05, 0.1) is 0 Å². The molecule has 46 heavy (non-hydrogen) atoms. The van der Waals surface area contributed by atoms with Gasteiger partial charge >= 0.3 is 46.8 Å². The van der Waals surface area contributed by atoms with Crippen molar-refractivity contribution in [3.8, 4) is 0 Å². The van der Waals surface area contributed by atoms with Crippen molar-refractivity contribution >= 4 is 105 Å². The molecule has 0 unspecified atom stereocenters. The maximum atomic E-state index is 8.98. The fraction of sp³-hybridized carbons (Fsp3) is 0. The van der Waals surface area contributed by atoms with Gasteiger partial charge in [-0.3, -0.25) is 4.79 Å². The van der Waals surface area contributed by atoms with E-state index in [4.69, 9.17) is 33.9 Å². The maximum absolute atomic E-state index is 8.98. The molecule has 0 radical (unpaired) electrons. The molecule has 0 saturated carbocycles. The molecule has 238 valence electrons. The first-order valence-electron chi connectivity index (χ1n) is 13.8. The van der Waals surface area contributed by atoms with Crippen molar-refractivity contribution in [2.24, 2.45) is 0 Å². The van der Waals surface area contributed by atoms with Gasteiger partial charge < -0.3 is 0 Å². The normalized spacial score (nSPS) is 10.3. The molecule has 6 rings (SSSR count). The Morgan fingerprint density at radius 1 is 0.348 bits per heavy atom. The van der Waals surface area contributed by atoms with Crippen LogP contribution in [0.2, 0.25) is 0 Å². The summed E-state index contributed by atoms with van der Waals surface area (Å²) in [4.78, 5) is 8.98. The van der Waals surface area contributed by atoms with Gasteiger partial charge in [-0.1, -0.05) is 182 Å². The van der Waals surface area contributed by atoms with Gasteiger partial charge in [-0.15, -0.1) is 0 Å². The van der Waals surface area contributed by atoms with Crippen LogP contribution >= 0.6 is 68.1 Å². The molecule has 0 bridgehead atoms. The topological polar surface area (TPSA) is 17.1 Å². The first kappa shape index (κ1) is 38.4. The van der Waals surface area contributed by atoms with Crippen molar-refractivity contribution < 1.29 is 17.8 Å². The Kier molecular flexibility index (Phi) is 18.8. The summed E-state index contributed by atoms with van der Waals surface area (Å²) >= 11 is 7.14. The van der Waals surface area contributed by atoms with Gasteiger partial charge in [-0.2, -0.15) is 0 Å². The molecule has 0 saturated heterocycles. The molecule has 0 N–H and O–H groups in total. The Morgan fingerprint density at radius 2 is 0.457 bits per heavy atom. The monoisotopic (exact) mass is 830 g/mol. The molecule has 6 aromatic carbocycles. The zero-order valence-corrected chi connectivity index (χ0v) is 31.6. The van der Waals surface area contributed by atoms with E-state index < -0.39 is 33.5 Å². The van der Waals surface area contributed by atoms with Crippen LogP contribution in [0, 0.1) is 0 Å². The van der Waals surface area contributed by atoms with E-state index in [0.717, 1.165) is 0 Å². The average molecular weight is 833 g/mol. The van der Waals surface area contributed by atoms with Crippen molar-refractivity contribution in [1.29, 1.82) is 0 Å². The van der Waals surface area contributed by atoms with Gasteiger partial charge in [0.2, 0.25) is 0 Å². The smallest absolute Gasteiger partial charge is 0.0134 e. The maximum Gasteiger partial charge on any atom is -0.0134 e. The van der Waals surface area contributed by atoms with Crippen LogP contribution in [0.4, 0.5) is 4.79 Å². The molecule has 0 atom stereocenters. The van der Waals surface area contributed by atoms with Crippen LogP contribution in [0.25, 0.3) is 0 Å². The van der Waals surface area contributed by atoms with E-state index in [1.54, 1.807) is 0 Å². The molecule has 0 fully saturated rings. The summed E-state index contributed by atoms with van der Waals surface area (Å²) in [5, 5.41) is 8.39. The van der Waals surface area contributed by atoms with Gasteiger partial charge in [-0.25, -0.2) is 0 Å². The van der Waals surface area contributed by atoms with Crippen LogP contribution in [0.1, 0.15) is 0 Å². The molecule has 0 spiro atoms. The number of carbonyl (C=O) groups excluding carboxylic acids is 1. The van der Waals surface area contributed by atoms with Crippen LogP contribution < -0.4 is 31.8 Å². The molecule has 0 amide bonds. The molecule has 9 heteroatoms. The third-order valence-electron chi connectivity index (χ3n) is 6.09. The molecule has 0 heterocycles. The SMILES string of the molecule is O=C(Cl)Cl.[Cl][Rh]([Cl])[Cl].c1ccc(P(c2ccccc2)c2ccccc2)cc1.c1ccc(P(c2ccccc2)c2ccccc2)cc1. The Hall–Kier alpha value is -2.08. The third-order valence-corrected chi connectivity index (χ3v) is 11.0. The van der Waals surface area contributed by atoms with Crippen LogP contribution in [-0.4, -0.2) is 4.70 Å². The summed E-state index contributed by atoms with van der Waals surface area (Å²) < 4.78 is -0.889. The number of carbonyl (C=O) groups is 1. The summed E-state index contributed by atoms with van der Waals surface area (Å²) in [6.45, 7) is 0. The molecule has 0 aromatic heterocycles. The van der Waals surface area contributed by atoms with Crippen molar-refractivity contribution in [1.82, 2.24) is 0 Å². The standard InChI is InChI=1S/2C18H15P.CCl2O.3ClH.Rh/c2*1-4-10-16(11-5-1)19(17-12-6-2-7-13-17)18-14-8-3-9-15-18;2-1(3)4;;;;/h2*1-15H;;3*1H;/q;;;;;;+3/p-3. The third kappa shape index (κ3) is 14.4. The van der Waals surface area contributed by atoms with Crippen molar-refractivity contribution in [2.45, 2.75) is 0 Å². The van der Waals surface area contributed by atoms with E-state index in [-0.39, 0.29) is 0 Å². The Bertz CT molecular complexity index is 1340. The van der Waals surface area contributed by atoms with E-state index in [0.29, 0.717) is 0 Å². The fourth-order valence-corrected chi connectivity index (χ4v) is 8.97. The van der Waals surface area contributed by atoms with Gasteiger partial charge in [0.1, 0.15) is 0 Å². The van der Waals surface area contributed by atoms with Crippen molar-refractivity contribution in [2.75, 3.05) is 0 Å². The number of hydrogen-bond donors (Lipinski definition) is 0. The van der Waals surface area contributed by atoms with Crippen LogP contribution in [0.15, 0.2) is 182 Å². The largest absolute Gasteiger partial charge is 0.0622 e. The second-order valence-corrected chi connectivity index (χ2v) is 21.8. The average Bonchev–Trinajstić information content (AvgIpc) is 3.08. The molecule has 0 aliphatic carbocycles. The minimum Gasteiger partial charge on any atom is -0.0622 e. The van der Waals surface area contributed by atoms with E-state index in [1.807, 2.05) is 0 Å². The minimum atomic E-state index is -1.66. The summed E-state index contributed by atoms with van der Waals surface area (Å²) in [5.41, 5.74) is 0. The molecule has 0 aliphatic rings. The van der Waals surface area contributed by atoms with E-state index in [9.17, 15) is 0 Å². The molecular formula is C37H30Cl5OP2Rh. The summed E-state index contributed by atoms with van der Waals surface area (Å²) in [7, 11) is 13.9. The Labute approximate surface area is 302 Å². The second kappa shape index (κ2) is 22.5. The summed E-state index contributed by atoms with van der Waals surface area (Å²) in [5.74, 6) is 0. The summed E-state index contributed by atoms with van der Waals surface area (Å²) in [6, 6.07) is 64.7. The Balaban J connectivity index is 0.000000204. The quantitative estimate of drug-likeness (QED) is 0.0928. The Morgan fingerprint density at radius 3 is 0.565 bits per heavy atom. The number of benzene rings is 6. The zero-order valence-electron chi connectivity index (χ0n) is 24.3. The second-order valence-electron chi connectivity index (χ2n) is 9.05. The zero-order chi connectivity index (χ0) is 33.0. The first-order chi connectivity index (χ1) is 22.4. The van der Waals surface area contributed by atoms with Crippen LogP contribution in [-0.2, 0) is 13.0 Å². The summed E-state index contributed by atoms with van der Waals surface area (Å²) in [6.07, 6.45) is 0. The van der Waals surface area contributed by atoms with Gasteiger partial charge in [0, 0.05) is 0 Å². The molecule has 0 aliphatic heterocycles. The number of rotatable bonds is 6. The van der Waals surface area contributed by atoms with Gasteiger partial charge in [0.15, 0.2) is 0 Å². The van der Waals surface area contributed by atoms with Gasteiger partial charge in [0.25, 0.3) is 0 Å². The molecule has 1 nitrogen and oxygen atoms in total. The minimum absolute atomic E-state index is 0.446. The number of hydrogen-bond acceptors (Lipinski definition) is 1. The number of halogens is 5. The van der Waals surface area contributed by atoms with Crippen molar-refractivity contribution in [3.63, 3.8) is 0 Å². The van der Waals surface area contributed by atoms with E-state index in [2.05, 4.69) is 205 Å². The van der Waals surface area contributed by atoms with Crippen LogP contribution in [0.5, 0.6) is 0 Å². The van der Waals surface area contributed by atoms with E-state index >= 15 is 0 Å². The predicted octanol–water partition coefficient (Wildman–Crippen LogP) is 10.5. The molecular weight excluding hydrogens is 803 g/mol. The fourth-order valence-electron chi connectivity index (χ4n) is 4.36.